The van der Waals surface area contributed by atoms with Gasteiger partial charge in [0.2, 0.25) is 0 Å². The van der Waals surface area contributed by atoms with E-state index in [4.69, 9.17) is 10.7 Å². The molecule has 0 aliphatic carbocycles. The van der Waals surface area contributed by atoms with Crippen molar-refractivity contribution in [3.8, 4) is 11.1 Å². The fourth-order valence-electron chi connectivity index (χ4n) is 1.60. The van der Waals surface area contributed by atoms with Gasteiger partial charge in [-0.15, -0.1) is 0 Å². The predicted molar refractivity (Wildman–Crippen MR) is 67.7 cm³/mol. The molecule has 106 valence electrons. The van der Waals surface area contributed by atoms with Crippen LogP contribution in [-0.4, -0.2) is 13.4 Å². The summed E-state index contributed by atoms with van der Waals surface area (Å²) in [6, 6.07) is 5.48. The Balaban J connectivity index is 2.70. The summed E-state index contributed by atoms with van der Waals surface area (Å²) in [6.45, 7) is 0. The van der Waals surface area contributed by atoms with Crippen molar-refractivity contribution in [1.82, 2.24) is 4.98 Å². The molecule has 0 bridgehead atoms. The van der Waals surface area contributed by atoms with Gasteiger partial charge in [-0.3, -0.25) is 4.98 Å². The number of hydrogen-bond donors (Lipinski definition) is 0. The Morgan fingerprint density at radius 3 is 2.30 bits per heavy atom. The fourth-order valence-corrected chi connectivity index (χ4v) is 2.41. The highest BCUT2D eigenvalue weighted by molar-refractivity contribution is 8.13. The van der Waals surface area contributed by atoms with E-state index in [-0.39, 0.29) is 5.56 Å². The van der Waals surface area contributed by atoms with E-state index in [0.717, 1.165) is 12.1 Å². The van der Waals surface area contributed by atoms with E-state index in [2.05, 4.69) is 4.98 Å². The lowest BCUT2D eigenvalue weighted by molar-refractivity contribution is -0.137. The molecule has 0 aliphatic rings. The van der Waals surface area contributed by atoms with Crippen LogP contribution >= 0.6 is 10.7 Å². The summed E-state index contributed by atoms with van der Waals surface area (Å²) in [5.74, 6) is 0. The molecular formula is C12H7ClF3NO2S. The summed E-state index contributed by atoms with van der Waals surface area (Å²) in [7, 11) is 0.865. The maximum absolute atomic E-state index is 12.8. The summed E-state index contributed by atoms with van der Waals surface area (Å²) >= 11 is 0. The van der Waals surface area contributed by atoms with Gasteiger partial charge in [-0.05, 0) is 29.8 Å². The second-order valence-corrected chi connectivity index (χ2v) is 6.49. The molecule has 2 rings (SSSR count). The van der Waals surface area contributed by atoms with E-state index < -0.39 is 25.7 Å². The van der Waals surface area contributed by atoms with Crippen LogP contribution in [0.15, 0.2) is 47.6 Å². The van der Waals surface area contributed by atoms with Crippen molar-refractivity contribution in [2.45, 2.75) is 11.1 Å². The Hall–Kier alpha value is -1.60. The van der Waals surface area contributed by atoms with Crippen molar-refractivity contribution in [3.63, 3.8) is 0 Å². The van der Waals surface area contributed by atoms with Gasteiger partial charge in [-0.2, -0.15) is 13.2 Å². The van der Waals surface area contributed by atoms with Gasteiger partial charge in [0.15, 0.2) is 0 Å². The average molecular weight is 322 g/mol. The lowest BCUT2D eigenvalue weighted by atomic mass is 10.0. The molecule has 20 heavy (non-hydrogen) atoms. The van der Waals surface area contributed by atoms with Crippen molar-refractivity contribution >= 4 is 19.7 Å². The molecule has 0 saturated carbocycles. The highest BCUT2D eigenvalue weighted by atomic mass is 35.7. The first-order valence-electron chi connectivity index (χ1n) is 5.25. The zero-order chi connectivity index (χ0) is 15.0. The maximum Gasteiger partial charge on any atom is 0.416 e. The number of benzene rings is 1. The fraction of sp³-hybridized carbons (Fsp3) is 0.0833. The molecule has 0 aliphatic heterocycles. The number of rotatable bonds is 2. The van der Waals surface area contributed by atoms with Gasteiger partial charge in [0.05, 0.1) is 10.5 Å². The van der Waals surface area contributed by atoms with E-state index in [0.29, 0.717) is 11.6 Å². The molecule has 2 aromatic rings. The Bertz CT molecular complexity index is 730. The molecule has 3 nitrogen and oxygen atoms in total. The number of hydrogen-bond acceptors (Lipinski definition) is 3. The first-order chi connectivity index (χ1) is 9.18. The smallest absolute Gasteiger partial charge is 0.264 e. The van der Waals surface area contributed by atoms with Gasteiger partial charge in [0, 0.05) is 28.6 Å². The molecular weight excluding hydrogens is 315 g/mol. The molecule has 0 N–H and O–H groups in total. The minimum Gasteiger partial charge on any atom is -0.264 e. The second-order valence-electron chi connectivity index (χ2n) is 3.92. The number of pyridine rings is 1. The van der Waals surface area contributed by atoms with Crippen LogP contribution < -0.4 is 0 Å². The molecule has 0 fully saturated rings. The van der Waals surface area contributed by atoms with Crippen LogP contribution in [0.1, 0.15) is 5.56 Å². The number of aromatic nitrogens is 1. The molecule has 1 heterocycles. The molecule has 8 heteroatoms. The SMILES string of the molecule is O=S(=O)(Cl)c1cc(-c2cccnc2)cc(C(F)(F)F)c1. The van der Waals surface area contributed by atoms with Crippen molar-refractivity contribution in [1.29, 1.82) is 0 Å². The Morgan fingerprint density at radius 1 is 1.10 bits per heavy atom. The van der Waals surface area contributed by atoms with E-state index in [9.17, 15) is 21.6 Å². The van der Waals surface area contributed by atoms with Gasteiger partial charge in [-0.1, -0.05) is 6.07 Å². The van der Waals surface area contributed by atoms with Crippen LogP contribution in [-0.2, 0) is 15.2 Å². The third-order valence-electron chi connectivity index (χ3n) is 2.51. The zero-order valence-corrected chi connectivity index (χ0v) is 11.3. The Morgan fingerprint density at radius 2 is 1.80 bits per heavy atom. The Kier molecular flexibility index (Phi) is 3.75. The quantitative estimate of drug-likeness (QED) is 0.792. The lowest BCUT2D eigenvalue weighted by Gasteiger charge is -2.11. The Labute approximate surface area is 117 Å². The van der Waals surface area contributed by atoms with E-state index in [1.165, 1.54) is 24.5 Å². The van der Waals surface area contributed by atoms with Gasteiger partial charge in [-0.25, -0.2) is 8.42 Å². The van der Waals surface area contributed by atoms with Crippen molar-refractivity contribution < 1.29 is 21.6 Å². The molecule has 0 saturated heterocycles. The van der Waals surface area contributed by atoms with Crippen LogP contribution in [0.2, 0.25) is 0 Å². The van der Waals surface area contributed by atoms with E-state index in [1.54, 1.807) is 0 Å². The predicted octanol–water partition coefficient (Wildman–Crippen LogP) is 3.69. The van der Waals surface area contributed by atoms with Crippen LogP contribution in [0.4, 0.5) is 13.2 Å². The molecule has 0 radical (unpaired) electrons. The summed E-state index contributed by atoms with van der Waals surface area (Å²) < 4.78 is 61.0. The van der Waals surface area contributed by atoms with Crippen molar-refractivity contribution in [2.75, 3.05) is 0 Å². The minimum absolute atomic E-state index is 0.0761. The first-order valence-corrected chi connectivity index (χ1v) is 7.56. The lowest BCUT2D eigenvalue weighted by Crippen LogP contribution is -2.07. The summed E-state index contributed by atoms with van der Waals surface area (Å²) in [6.07, 6.45) is -1.88. The third-order valence-corrected chi connectivity index (χ3v) is 3.84. The largest absolute Gasteiger partial charge is 0.416 e. The normalized spacial score (nSPS) is 12.4. The highest BCUT2D eigenvalue weighted by Crippen LogP contribution is 2.35. The number of alkyl halides is 3. The second kappa shape index (κ2) is 5.06. The summed E-state index contributed by atoms with van der Waals surface area (Å²) in [5.41, 5.74) is -0.648. The molecule has 0 atom stereocenters. The van der Waals surface area contributed by atoms with Gasteiger partial charge < -0.3 is 0 Å². The molecule has 1 aromatic carbocycles. The molecule has 0 amide bonds. The van der Waals surface area contributed by atoms with Crippen molar-refractivity contribution in [3.05, 3.63) is 48.3 Å². The monoisotopic (exact) mass is 321 g/mol. The zero-order valence-electron chi connectivity index (χ0n) is 9.73. The van der Waals surface area contributed by atoms with Gasteiger partial charge in [0.1, 0.15) is 0 Å². The van der Waals surface area contributed by atoms with Gasteiger partial charge in [0.25, 0.3) is 9.05 Å². The summed E-state index contributed by atoms with van der Waals surface area (Å²) in [4.78, 5) is 3.18. The summed E-state index contributed by atoms with van der Waals surface area (Å²) in [5, 5.41) is 0. The van der Waals surface area contributed by atoms with Crippen LogP contribution in [0.3, 0.4) is 0 Å². The molecule has 0 unspecified atom stereocenters. The number of nitrogens with zero attached hydrogens (tertiary/aromatic N) is 1. The van der Waals surface area contributed by atoms with Crippen molar-refractivity contribution in [2.24, 2.45) is 0 Å². The maximum atomic E-state index is 12.8. The minimum atomic E-state index is -4.67. The first kappa shape index (κ1) is 14.8. The van der Waals surface area contributed by atoms with E-state index >= 15 is 0 Å². The van der Waals surface area contributed by atoms with E-state index in [1.807, 2.05) is 0 Å². The standard InChI is InChI=1S/C12H7ClF3NO2S/c13-20(18,19)11-5-9(8-2-1-3-17-7-8)4-10(6-11)12(14,15)16/h1-7H. The highest BCUT2D eigenvalue weighted by Gasteiger charge is 2.32. The van der Waals surface area contributed by atoms with Gasteiger partial charge >= 0.3 is 6.18 Å². The molecule has 1 aromatic heterocycles. The topological polar surface area (TPSA) is 47.0 Å². The van der Waals surface area contributed by atoms with Crippen LogP contribution in [0.5, 0.6) is 0 Å². The van der Waals surface area contributed by atoms with Crippen LogP contribution in [0, 0.1) is 0 Å². The number of halogens is 4. The van der Waals surface area contributed by atoms with Crippen LogP contribution in [0.25, 0.3) is 11.1 Å². The third kappa shape index (κ3) is 3.29. The molecule has 0 spiro atoms. The average Bonchev–Trinajstić information content (AvgIpc) is 2.37.